The van der Waals surface area contributed by atoms with Crippen molar-refractivity contribution < 1.29 is 24.2 Å². The number of hydrogen-bond donors (Lipinski definition) is 1. The average Bonchev–Trinajstić information content (AvgIpc) is 3.30. The standard InChI is InChI=1S/C29H33NO5/c1-30-25-24(20-35-30)27(32-17-21-11-5-2-6-12-21)29(34-19-23-15-9-4-10-16-23)28(26(25)31)33-18-22-13-7-3-8-14-22/h2-16,24-29,31H,17-20H2,1H3/t24-,25-,26?,27?,28?,29?/m1/s1. The first-order valence-corrected chi connectivity index (χ1v) is 12.2. The molecular formula is C29H33NO5. The van der Waals surface area contributed by atoms with Gasteiger partial charge in [-0.1, -0.05) is 91.0 Å². The second-order valence-corrected chi connectivity index (χ2v) is 9.27. The van der Waals surface area contributed by atoms with Gasteiger partial charge >= 0.3 is 0 Å². The molecule has 1 heterocycles. The quantitative estimate of drug-likeness (QED) is 0.505. The molecule has 6 nitrogen and oxygen atoms in total. The van der Waals surface area contributed by atoms with Gasteiger partial charge in [0.15, 0.2) is 0 Å². The minimum atomic E-state index is -0.784. The third-order valence-electron chi connectivity index (χ3n) is 6.94. The minimum Gasteiger partial charge on any atom is -0.389 e. The van der Waals surface area contributed by atoms with Crippen molar-refractivity contribution >= 4 is 0 Å². The molecule has 1 saturated heterocycles. The van der Waals surface area contributed by atoms with Crippen LogP contribution in [0, 0.1) is 5.92 Å². The highest BCUT2D eigenvalue weighted by molar-refractivity contribution is 5.16. The molecule has 6 heteroatoms. The third-order valence-corrected chi connectivity index (χ3v) is 6.94. The molecule has 0 aromatic heterocycles. The van der Waals surface area contributed by atoms with Crippen LogP contribution in [0.1, 0.15) is 16.7 Å². The number of hydrogen-bond acceptors (Lipinski definition) is 6. The van der Waals surface area contributed by atoms with Crippen LogP contribution < -0.4 is 0 Å². The number of likely N-dealkylation sites (N-methyl/N-ethyl adjacent to an activating group) is 1. The molecule has 1 aliphatic carbocycles. The second-order valence-electron chi connectivity index (χ2n) is 9.27. The first-order chi connectivity index (χ1) is 17.2. The van der Waals surface area contributed by atoms with Crippen LogP contribution in [0.4, 0.5) is 0 Å². The van der Waals surface area contributed by atoms with Crippen LogP contribution in [0.25, 0.3) is 0 Å². The van der Waals surface area contributed by atoms with E-state index in [2.05, 4.69) is 12.1 Å². The zero-order chi connectivity index (χ0) is 24.0. The maximum absolute atomic E-state index is 11.5. The van der Waals surface area contributed by atoms with E-state index in [1.54, 1.807) is 5.06 Å². The zero-order valence-corrected chi connectivity index (χ0v) is 20.0. The van der Waals surface area contributed by atoms with Gasteiger partial charge in [-0.2, -0.15) is 5.06 Å². The zero-order valence-electron chi connectivity index (χ0n) is 20.0. The van der Waals surface area contributed by atoms with Crippen molar-refractivity contribution in [2.75, 3.05) is 13.7 Å². The number of nitrogens with zero attached hydrogens (tertiary/aromatic N) is 1. The molecule has 1 saturated carbocycles. The number of ether oxygens (including phenoxy) is 3. The largest absolute Gasteiger partial charge is 0.389 e. The highest BCUT2D eigenvalue weighted by Crippen LogP contribution is 2.39. The number of rotatable bonds is 9. The highest BCUT2D eigenvalue weighted by atomic mass is 16.7. The number of benzene rings is 3. The smallest absolute Gasteiger partial charge is 0.114 e. The van der Waals surface area contributed by atoms with E-state index in [4.69, 9.17) is 19.0 Å². The van der Waals surface area contributed by atoms with Crippen molar-refractivity contribution in [2.24, 2.45) is 5.92 Å². The summed E-state index contributed by atoms with van der Waals surface area (Å²) in [5.74, 6) is -0.0453. The minimum absolute atomic E-state index is 0.0453. The molecule has 3 aromatic rings. The monoisotopic (exact) mass is 475 g/mol. The van der Waals surface area contributed by atoms with Gasteiger partial charge in [-0.3, -0.25) is 4.84 Å². The highest BCUT2D eigenvalue weighted by Gasteiger charge is 2.56. The molecule has 184 valence electrons. The Labute approximate surface area is 207 Å². The first kappa shape index (κ1) is 24.1. The van der Waals surface area contributed by atoms with Crippen LogP contribution >= 0.6 is 0 Å². The maximum atomic E-state index is 11.5. The topological polar surface area (TPSA) is 60.4 Å². The van der Waals surface area contributed by atoms with Crippen LogP contribution in [-0.2, 0) is 38.9 Å². The van der Waals surface area contributed by atoms with Gasteiger partial charge in [0.25, 0.3) is 0 Å². The molecule has 4 unspecified atom stereocenters. The summed E-state index contributed by atoms with van der Waals surface area (Å²) in [6.45, 7) is 1.70. The van der Waals surface area contributed by atoms with E-state index in [1.807, 2.05) is 85.9 Å². The molecule has 2 aliphatic rings. The summed E-state index contributed by atoms with van der Waals surface area (Å²) in [5, 5.41) is 13.2. The fraction of sp³-hybridized carbons (Fsp3) is 0.379. The van der Waals surface area contributed by atoms with Crippen LogP contribution in [0.2, 0.25) is 0 Å². The summed E-state index contributed by atoms with van der Waals surface area (Å²) in [4.78, 5) is 5.86. The van der Waals surface area contributed by atoms with Gasteiger partial charge in [-0.25, -0.2) is 0 Å². The van der Waals surface area contributed by atoms with Crippen LogP contribution in [0.15, 0.2) is 91.0 Å². The van der Waals surface area contributed by atoms with E-state index < -0.39 is 18.3 Å². The molecule has 0 spiro atoms. The van der Waals surface area contributed by atoms with Crippen LogP contribution in [0.5, 0.6) is 0 Å². The lowest BCUT2D eigenvalue weighted by Gasteiger charge is -2.46. The van der Waals surface area contributed by atoms with Gasteiger partial charge in [0.2, 0.25) is 0 Å². The fourth-order valence-corrected chi connectivity index (χ4v) is 5.14. The fourth-order valence-electron chi connectivity index (χ4n) is 5.14. The average molecular weight is 476 g/mol. The number of aliphatic hydroxyl groups is 1. The summed E-state index contributed by atoms with van der Waals surface area (Å²) < 4.78 is 19.4. The van der Waals surface area contributed by atoms with Crippen molar-refractivity contribution in [3.63, 3.8) is 0 Å². The number of fused-ring (bicyclic) bond motifs is 1. The molecule has 2 fully saturated rings. The lowest BCUT2D eigenvalue weighted by atomic mass is 9.77. The van der Waals surface area contributed by atoms with E-state index in [1.165, 1.54) is 0 Å². The van der Waals surface area contributed by atoms with Crippen molar-refractivity contribution in [1.29, 1.82) is 0 Å². The SMILES string of the molecule is CN1OC[C@H]2C(OCc3ccccc3)C(OCc3ccccc3)C(OCc3ccccc3)C(O)[C@@H]21. The Morgan fingerprint density at radius 2 is 1.11 bits per heavy atom. The predicted molar refractivity (Wildman–Crippen MR) is 132 cm³/mol. The summed E-state index contributed by atoms with van der Waals surface area (Å²) >= 11 is 0. The van der Waals surface area contributed by atoms with Crippen molar-refractivity contribution in [3.8, 4) is 0 Å². The number of aliphatic hydroxyl groups excluding tert-OH is 1. The van der Waals surface area contributed by atoms with Crippen molar-refractivity contribution in [2.45, 2.75) is 50.3 Å². The normalized spacial score (nSPS) is 28.6. The Balaban J connectivity index is 1.41. The summed E-state index contributed by atoms with van der Waals surface area (Å²) in [7, 11) is 1.86. The maximum Gasteiger partial charge on any atom is 0.114 e. The molecule has 5 rings (SSSR count). The van der Waals surface area contributed by atoms with Crippen LogP contribution in [0.3, 0.4) is 0 Å². The molecular weight excluding hydrogens is 442 g/mol. The molecule has 0 radical (unpaired) electrons. The Morgan fingerprint density at radius 1 is 0.686 bits per heavy atom. The van der Waals surface area contributed by atoms with Gasteiger partial charge in [0.05, 0.1) is 38.6 Å². The van der Waals surface area contributed by atoms with Crippen molar-refractivity contribution in [1.82, 2.24) is 5.06 Å². The Morgan fingerprint density at radius 3 is 1.60 bits per heavy atom. The predicted octanol–water partition coefficient (Wildman–Crippen LogP) is 3.98. The molecule has 6 atom stereocenters. The van der Waals surface area contributed by atoms with Gasteiger partial charge in [0, 0.05) is 13.0 Å². The molecule has 1 aliphatic heterocycles. The van der Waals surface area contributed by atoms with E-state index in [0.29, 0.717) is 26.4 Å². The van der Waals surface area contributed by atoms with E-state index in [-0.39, 0.29) is 18.1 Å². The van der Waals surface area contributed by atoms with E-state index >= 15 is 0 Å². The lowest BCUT2D eigenvalue weighted by molar-refractivity contribution is -0.234. The first-order valence-electron chi connectivity index (χ1n) is 12.2. The Bertz CT molecular complexity index is 1030. The van der Waals surface area contributed by atoms with Crippen LogP contribution in [-0.4, -0.2) is 54.3 Å². The Hall–Kier alpha value is -2.58. The third kappa shape index (κ3) is 5.64. The summed E-state index contributed by atoms with van der Waals surface area (Å²) in [6, 6.07) is 29.9. The molecule has 0 bridgehead atoms. The summed E-state index contributed by atoms with van der Waals surface area (Å²) in [5.41, 5.74) is 3.19. The van der Waals surface area contributed by atoms with Gasteiger partial charge < -0.3 is 19.3 Å². The van der Waals surface area contributed by atoms with Crippen molar-refractivity contribution in [3.05, 3.63) is 108 Å². The van der Waals surface area contributed by atoms with E-state index in [9.17, 15) is 5.11 Å². The van der Waals surface area contributed by atoms with Gasteiger partial charge in [0.1, 0.15) is 18.3 Å². The molecule has 35 heavy (non-hydrogen) atoms. The van der Waals surface area contributed by atoms with Gasteiger partial charge in [-0.05, 0) is 16.7 Å². The lowest BCUT2D eigenvalue weighted by Crippen LogP contribution is -2.64. The second kappa shape index (κ2) is 11.4. The molecule has 1 N–H and O–H groups in total. The van der Waals surface area contributed by atoms with Gasteiger partial charge in [-0.15, -0.1) is 0 Å². The Kier molecular flexibility index (Phi) is 7.88. The van der Waals surface area contributed by atoms with E-state index in [0.717, 1.165) is 16.7 Å². The molecule has 3 aromatic carbocycles. The number of hydroxylamine groups is 2. The summed E-state index contributed by atoms with van der Waals surface area (Å²) in [6.07, 6.45) is -2.13. The molecule has 0 amide bonds.